The molecule has 45 heavy (non-hydrogen) atoms. The zero-order valence-electron chi connectivity index (χ0n) is 23.6. The highest BCUT2D eigenvalue weighted by atomic mass is 79.9. The number of halogens is 3. The van der Waals surface area contributed by atoms with Crippen molar-refractivity contribution in [2.75, 3.05) is 17.3 Å². The average molecular weight is 725 g/mol. The Labute approximate surface area is 281 Å². The number of ether oxygens (including phenoxy) is 1. The Hall–Kier alpha value is -4.09. The van der Waals surface area contributed by atoms with Gasteiger partial charge >= 0.3 is 0 Å². The molecular formula is C33H24BrCl2N3O5S. The van der Waals surface area contributed by atoms with Crippen molar-refractivity contribution in [3.63, 3.8) is 0 Å². The predicted octanol–water partition coefficient (Wildman–Crippen LogP) is 7.60. The van der Waals surface area contributed by atoms with Crippen molar-refractivity contribution in [3.8, 4) is 5.75 Å². The number of amides is 4. The van der Waals surface area contributed by atoms with Crippen LogP contribution in [0.5, 0.6) is 5.75 Å². The Morgan fingerprint density at radius 2 is 1.76 bits per heavy atom. The number of rotatable bonds is 9. The molecule has 4 aromatic carbocycles. The molecule has 5 rings (SSSR count). The third-order valence-corrected chi connectivity index (χ3v) is 9.01. The van der Waals surface area contributed by atoms with Crippen molar-refractivity contribution in [1.82, 2.24) is 5.32 Å². The summed E-state index contributed by atoms with van der Waals surface area (Å²) in [5.41, 5.74) is 1.70. The molecule has 1 aliphatic heterocycles. The van der Waals surface area contributed by atoms with Gasteiger partial charge in [-0.25, -0.2) is 4.90 Å². The molecule has 1 heterocycles. The van der Waals surface area contributed by atoms with Gasteiger partial charge in [-0.15, -0.1) is 11.8 Å². The number of nitrogens with zero attached hydrogens (tertiary/aromatic N) is 1. The van der Waals surface area contributed by atoms with Gasteiger partial charge in [-0.1, -0.05) is 53.5 Å². The van der Waals surface area contributed by atoms with Crippen molar-refractivity contribution in [3.05, 3.63) is 122 Å². The van der Waals surface area contributed by atoms with Gasteiger partial charge in [0.2, 0.25) is 11.8 Å². The summed E-state index contributed by atoms with van der Waals surface area (Å²) < 4.78 is 6.11. The minimum absolute atomic E-state index is 0.00154. The summed E-state index contributed by atoms with van der Waals surface area (Å²) >= 11 is 16.9. The number of hydrogen-bond donors (Lipinski definition) is 2. The van der Waals surface area contributed by atoms with Crippen LogP contribution in [-0.4, -0.2) is 36.0 Å². The lowest BCUT2D eigenvalue weighted by Crippen LogP contribution is -2.31. The van der Waals surface area contributed by atoms with E-state index in [2.05, 4.69) is 26.6 Å². The summed E-state index contributed by atoms with van der Waals surface area (Å²) in [7, 11) is 1.53. The van der Waals surface area contributed by atoms with Crippen LogP contribution in [-0.2, 0) is 14.4 Å². The summed E-state index contributed by atoms with van der Waals surface area (Å²) in [6.07, 6.45) is 1.52. The normalized spacial score (nSPS) is 14.8. The zero-order chi connectivity index (χ0) is 32.1. The van der Waals surface area contributed by atoms with Crippen LogP contribution in [0.1, 0.15) is 22.3 Å². The van der Waals surface area contributed by atoms with Crippen LogP contribution in [0, 0.1) is 0 Å². The van der Waals surface area contributed by atoms with Crippen molar-refractivity contribution in [1.29, 1.82) is 0 Å². The van der Waals surface area contributed by atoms with Gasteiger partial charge < -0.3 is 15.4 Å². The SMILES string of the molecule is COc1cc(/C=C(\NC(=O)c2ccccc2)C(=O)Nc2cccc(SC3CC(=O)N(c4ccc(Cl)cc4Cl)C3=O)c2)ccc1Br. The molecule has 0 saturated carbocycles. The first-order chi connectivity index (χ1) is 21.6. The minimum Gasteiger partial charge on any atom is -0.496 e. The van der Waals surface area contributed by atoms with Crippen LogP contribution in [0.3, 0.4) is 0 Å². The molecule has 4 amide bonds. The molecule has 1 saturated heterocycles. The highest BCUT2D eigenvalue weighted by Crippen LogP contribution is 2.38. The Balaban J connectivity index is 1.35. The van der Waals surface area contributed by atoms with Crippen LogP contribution in [0.15, 0.2) is 106 Å². The van der Waals surface area contributed by atoms with E-state index in [0.717, 1.165) is 9.37 Å². The van der Waals surface area contributed by atoms with Crippen LogP contribution >= 0.6 is 50.9 Å². The lowest BCUT2D eigenvalue weighted by atomic mass is 10.1. The van der Waals surface area contributed by atoms with Crippen molar-refractivity contribution >= 4 is 92.0 Å². The predicted molar refractivity (Wildman–Crippen MR) is 181 cm³/mol. The van der Waals surface area contributed by atoms with E-state index in [1.807, 2.05) is 0 Å². The third kappa shape index (κ3) is 7.77. The number of imide groups is 1. The monoisotopic (exact) mass is 723 g/mol. The molecule has 1 unspecified atom stereocenters. The summed E-state index contributed by atoms with van der Waals surface area (Å²) in [5.74, 6) is -1.25. The first-order valence-electron chi connectivity index (χ1n) is 13.4. The molecular weight excluding hydrogens is 701 g/mol. The molecule has 1 fully saturated rings. The number of carbonyl (C=O) groups is 4. The summed E-state index contributed by atoms with van der Waals surface area (Å²) in [6.45, 7) is 0. The number of nitrogens with one attached hydrogen (secondary N) is 2. The molecule has 0 spiro atoms. The second kappa shape index (κ2) is 14.3. The Morgan fingerprint density at radius 3 is 2.49 bits per heavy atom. The largest absolute Gasteiger partial charge is 0.496 e. The van der Waals surface area contributed by atoms with Gasteiger partial charge in [0, 0.05) is 27.6 Å². The molecule has 8 nitrogen and oxygen atoms in total. The Bertz CT molecular complexity index is 1840. The number of carbonyl (C=O) groups excluding carboxylic acids is 4. The number of hydrogen-bond acceptors (Lipinski definition) is 6. The zero-order valence-corrected chi connectivity index (χ0v) is 27.5. The highest BCUT2D eigenvalue weighted by Gasteiger charge is 2.41. The van der Waals surface area contributed by atoms with Crippen LogP contribution in [0.2, 0.25) is 10.0 Å². The molecule has 0 bridgehead atoms. The fraction of sp³-hybridized carbons (Fsp3) is 0.0909. The maximum absolute atomic E-state index is 13.5. The minimum atomic E-state index is -0.691. The lowest BCUT2D eigenvalue weighted by Gasteiger charge is -2.17. The summed E-state index contributed by atoms with van der Waals surface area (Å²) in [5, 5.41) is 5.43. The van der Waals surface area contributed by atoms with E-state index in [0.29, 0.717) is 32.5 Å². The van der Waals surface area contributed by atoms with Gasteiger partial charge in [-0.05, 0) is 88.2 Å². The average Bonchev–Trinajstić information content (AvgIpc) is 3.29. The number of benzene rings is 4. The van der Waals surface area contributed by atoms with Gasteiger partial charge in [-0.2, -0.15) is 0 Å². The fourth-order valence-electron chi connectivity index (χ4n) is 4.50. The van der Waals surface area contributed by atoms with Gasteiger partial charge in [0.05, 0.1) is 27.5 Å². The highest BCUT2D eigenvalue weighted by molar-refractivity contribution is 9.10. The van der Waals surface area contributed by atoms with E-state index in [1.165, 1.54) is 31.0 Å². The number of thioether (sulfide) groups is 1. The van der Waals surface area contributed by atoms with Gasteiger partial charge in [-0.3, -0.25) is 19.2 Å². The Kier molecular flexibility index (Phi) is 10.3. The quantitative estimate of drug-likeness (QED) is 0.136. The first-order valence-corrected chi connectivity index (χ1v) is 15.9. The maximum atomic E-state index is 13.5. The van der Waals surface area contributed by atoms with Crippen LogP contribution in [0.4, 0.5) is 11.4 Å². The second-order valence-corrected chi connectivity index (χ2v) is 12.7. The van der Waals surface area contributed by atoms with E-state index in [-0.39, 0.29) is 28.7 Å². The second-order valence-electron chi connectivity index (χ2n) is 9.73. The van der Waals surface area contributed by atoms with E-state index >= 15 is 0 Å². The van der Waals surface area contributed by atoms with Gasteiger partial charge in [0.15, 0.2) is 0 Å². The van der Waals surface area contributed by atoms with Crippen molar-refractivity contribution in [2.24, 2.45) is 0 Å². The summed E-state index contributed by atoms with van der Waals surface area (Å²) in [4.78, 5) is 54.3. The van der Waals surface area contributed by atoms with E-state index in [4.69, 9.17) is 27.9 Å². The summed E-state index contributed by atoms with van der Waals surface area (Å²) in [6, 6.07) is 25.3. The molecule has 0 radical (unpaired) electrons. The molecule has 228 valence electrons. The van der Waals surface area contributed by atoms with Gasteiger partial charge in [0.1, 0.15) is 11.4 Å². The number of methoxy groups -OCH3 is 1. The molecule has 0 aromatic heterocycles. The molecule has 12 heteroatoms. The Morgan fingerprint density at radius 1 is 0.978 bits per heavy atom. The van der Waals surface area contributed by atoms with Crippen LogP contribution in [0.25, 0.3) is 6.08 Å². The molecule has 1 aliphatic rings. The molecule has 2 N–H and O–H groups in total. The van der Waals surface area contributed by atoms with E-state index in [1.54, 1.807) is 84.9 Å². The van der Waals surface area contributed by atoms with E-state index < -0.39 is 23.0 Å². The molecule has 0 aliphatic carbocycles. The fourth-order valence-corrected chi connectivity index (χ4v) is 6.51. The first kappa shape index (κ1) is 32.3. The van der Waals surface area contributed by atoms with E-state index in [9.17, 15) is 19.2 Å². The van der Waals surface area contributed by atoms with Gasteiger partial charge in [0.25, 0.3) is 11.8 Å². The molecule has 1 atom stereocenters. The molecule has 4 aromatic rings. The van der Waals surface area contributed by atoms with Crippen molar-refractivity contribution < 1.29 is 23.9 Å². The number of anilines is 2. The topological polar surface area (TPSA) is 105 Å². The standard InChI is InChI=1S/C33H24BrCl2N3O5S/c1-44-28-15-19(10-12-24(28)34)14-26(38-31(41)20-6-3-2-4-7-20)32(42)37-22-8-5-9-23(17-22)45-29-18-30(40)39(33(29)43)27-13-11-21(35)16-25(27)36/h2-17,29H,18H2,1H3,(H,37,42)(H,38,41)/b26-14-. The maximum Gasteiger partial charge on any atom is 0.272 e. The van der Waals surface area contributed by atoms with Crippen LogP contribution < -0.4 is 20.3 Å². The smallest absolute Gasteiger partial charge is 0.272 e. The lowest BCUT2D eigenvalue weighted by molar-refractivity contribution is -0.121. The third-order valence-electron chi connectivity index (χ3n) is 6.64. The van der Waals surface area contributed by atoms with Crippen molar-refractivity contribution in [2.45, 2.75) is 16.6 Å².